The molecule has 0 bridgehead atoms. The van der Waals surface area contributed by atoms with E-state index in [1.165, 1.54) is 0 Å². The molecule has 0 amide bonds. The van der Waals surface area contributed by atoms with Gasteiger partial charge in [0.05, 0.1) is 0 Å². The molecule has 0 saturated carbocycles. The maximum absolute atomic E-state index is 4.01. The smallest absolute Gasteiger partial charge is 0.000539 e. The van der Waals surface area contributed by atoms with E-state index in [0.29, 0.717) is 0 Å². The molecule has 152 valence electrons. The van der Waals surface area contributed by atoms with E-state index >= 15 is 0 Å². The topological polar surface area (TPSA) is 0 Å². The molecule has 0 saturated heterocycles. The monoisotopic (exact) mass is 801 g/mol. The predicted molar refractivity (Wildman–Crippen MR) is 209 cm³/mol. The van der Waals surface area contributed by atoms with Crippen molar-refractivity contribution in [3.8, 4) is 0 Å². The van der Waals surface area contributed by atoms with Crippen LogP contribution in [-0.4, -0.2) is 0 Å². The first-order valence-electron chi connectivity index (χ1n) is 5.57. The second kappa shape index (κ2) is 19.8. The maximum Gasteiger partial charge on any atom is -0.000539 e. The summed E-state index contributed by atoms with van der Waals surface area (Å²) in [7, 11) is 43.6. The van der Waals surface area contributed by atoms with Crippen molar-refractivity contribution in [2.24, 2.45) is 0 Å². The van der Waals surface area contributed by atoms with Gasteiger partial charge in [0.25, 0.3) is 0 Å². The fourth-order valence-corrected chi connectivity index (χ4v) is 312. The Balaban J connectivity index is 6.38. The van der Waals surface area contributed by atoms with Crippen LogP contribution in [0.3, 0.4) is 0 Å². The lowest BCUT2D eigenvalue weighted by Crippen LogP contribution is -1.60. The molecule has 15 unspecified atom stereocenters. The molecular weight excluding hydrogens is 774 g/mol. The molecule has 0 aliphatic rings. The highest BCUT2D eigenvalue weighted by atomic mass is 33.5. The molecule has 0 fully saturated rings. The van der Waals surface area contributed by atoms with Gasteiger partial charge in [0.1, 0.15) is 0 Å². The van der Waals surface area contributed by atoms with E-state index in [-0.39, 0.29) is 76.9 Å². The fraction of sp³-hybridized carbons (Fsp3) is 0. The lowest BCUT2D eigenvalue weighted by Gasteiger charge is -2.50. The van der Waals surface area contributed by atoms with Gasteiger partial charge >= 0.3 is 0 Å². The largest absolute Gasteiger partial charge is 0.524 e. The summed E-state index contributed by atoms with van der Waals surface area (Å²) in [6.07, 6.45) is 0. The van der Waals surface area contributed by atoms with Crippen molar-refractivity contribution in [2.75, 3.05) is 0 Å². The Labute approximate surface area is 199 Å². The predicted octanol–water partition coefficient (Wildman–Crippen LogP) is 14.6. The van der Waals surface area contributed by atoms with Crippen molar-refractivity contribution in [1.29, 1.82) is 0 Å². The minimum absolute atomic E-state index is 0.00335. The zero-order valence-electron chi connectivity index (χ0n) is 12.8. The molecule has 0 aliphatic heterocycles. The summed E-state index contributed by atoms with van der Waals surface area (Å²) in [6.45, 7) is 0.346. The molecule has 0 heterocycles. The Morgan fingerprint density at radius 1 is 0.400 bits per heavy atom. The molecule has 0 rings (SSSR count). The van der Waals surface area contributed by atoms with Gasteiger partial charge < -0.3 is 8.93 Å². The molecule has 0 radical (unpaired) electrons. The summed E-state index contributed by atoms with van der Waals surface area (Å²) < 4.78 is 0. The van der Waals surface area contributed by atoms with E-state index in [4.69, 9.17) is 0 Å². The normalized spacial score (nSPS) is 16.6. The van der Waals surface area contributed by atoms with E-state index in [0.717, 1.165) is 7.96 Å². The third-order valence-electron chi connectivity index (χ3n) is 2.00. The van der Waals surface area contributed by atoms with Crippen LogP contribution in [0.4, 0.5) is 0 Å². The first-order chi connectivity index (χ1) is 11.4. The molecule has 0 aromatic heterocycles. The maximum atomic E-state index is 4.01. The molecule has 0 aromatic rings. The molecule has 25 heavy (non-hydrogen) atoms. The van der Waals surface area contributed by atoms with Crippen LogP contribution in [-0.2, 0) is 0 Å². The van der Waals surface area contributed by atoms with E-state index < -0.39 is 0 Å². The van der Waals surface area contributed by atoms with Crippen LogP contribution < -0.4 is 0 Å². The minimum atomic E-state index is -0.0240. The van der Waals surface area contributed by atoms with E-state index in [1.807, 2.05) is 0 Å². The van der Waals surface area contributed by atoms with Crippen molar-refractivity contribution in [1.82, 2.24) is 0 Å². The van der Waals surface area contributed by atoms with Gasteiger partial charge in [0, 0.05) is 0 Å². The van der Waals surface area contributed by atoms with Crippen LogP contribution in [0.25, 0.3) is 0 Å². The summed E-state index contributed by atoms with van der Waals surface area (Å²) in [5.74, 6) is 0. The van der Waals surface area contributed by atoms with Crippen LogP contribution in [0.2, 0.25) is 0 Å². The lowest BCUT2D eigenvalue weighted by molar-refractivity contribution is 4.45. The van der Waals surface area contributed by atoms with Crippen molar-refractivity contribution >= 4 is 201 Å². The Bertz CT molecular complexity index is 298. The highest BCUT2D eigenvalue weighted by molar-refractivity contribution is 9.40. The Morgan fingerprint density at radius 2 is 0.680 bits per heavy atom. The Kier molecular flexibility index (Phi) is 28.3. The fourth-order valence-electron chi connectivity index (χ4n) is 1.28. The van der Waals surface area contributed by atoms with Crippen LogP contribution >= 0.6 is 201 Å². The van der Waals surface area contributed by atoms with Crippen LogP contribution in [0.1, 0.15) is 0 Å². The van der Waals surface area contributed by atoms with Gasteiger partial charge in [-0.3, -0.25) is 7.96 Å². The standard InChI is InChI=1S/H26P25/c1-14-21(15(2)3)24(20(12)13)25(22(16(4)5)17(6)7)23(18(8)9)19(10)11/h1,14H,2-13H2/q-1. The minimum Gasteiger partial charge on any atom is -0.524 e. The first kappa shape index (κ1) is 35.8. The molecular formula is H26P25-. The van der Waals surface area contributed by atoms with Crippen LogP contribution in [0.15, 0.2) is 0 Å². The summed E-state index contributed by atoms with van der Waals surface area (Å²) >= 11 is 0. The molecule has 0 aromatic carbocycles. The SMILES string of the molecule is [PH-]PP(P(P)P)P(P(P)P)P(P(P(P)P)P(P)P)P(P(P)P)P(P)P. The zero-order chi connectivity index (χ0) is 20.1. The Hall–Kier alpha value is 10.7. The van der Waals surface area contributed by atoms with E-state index in [2.05, 4.69) is 116 Å². The lowest BCUT2D eigenvalue weighted by atomic mass is 28.5. The van der Waals surface area contributed by atoms with Gasteiger partial charge in [0.15, 0.2) is 0 Å². The zero-order valence-corrected chi connectivity index (χ0v) is 38.5. The van der Waals surface area contributed by atoms with Crippen LogP contribution in [0, 0.1) is 0 Å². The van der Waals surface area contributed by atoms with Crippen molar-refractivity contribution < 1.29 is 0 Å². The number of hydrogen-bond acceptors (Lipinski definition) is 0. The number of rotatable bonds is 11. The van der Waals surface area contributed by atoms with Crippen LogP contribution in [0.5, 0.6) is 0 Å². The third-order valence-corrected chi connectivity index (χ3v) is 162. The van der Waals surface area contributed by atoms with Crippen molar-refractivity contribution in [3.63, 3.8) is 0 Å². The van der Waals surface area contributed by atoms with Crippen molar-refractivity contribution in [2.45, 2.75) is 0 Å². The van der Waals surface area contributed by atoms with Gasteiger partial charge in [-0.15, -0.1) is 107 Å². The molecule has 25 heteroatoms. The van der Waals surface area contributed by atoms with Gasteiger partial charge in [-0.1, -0.05) is 0 Å². The van der Waals surface area contributed by atoms with E-state index in [1.54, 1.807) is 0 Å². The third kappa shape index (κ3) is 13.4. The molecule has 0 aliphatic carbocycles. The molecule has 0 spiro atoms. The summed E-state index contributed by atoms with van der Waals surface area (Å²) in [4.78, 5) is 0. The van der Waals surface area contributed by atoms with Gasteiger partial charge in [-0.2, -0.15) is 0 Å². The summed E-state index contributed by atoms with van der Waals surface area (Å²) in [6, 6.07) is 0. The highest BCUT2D eigenvalue weighted by Crippen LogP contribution is 3.34. The molecule has 0 nitrogen and oxygen atoms in total. The molecule has 15 atom stereocenters. The molecule has 0 N–H and O–H groups in total. The van der Waals surface area contributed by atoms with E-state index in [9.17, 15) is 0 Å². The summed E-state index contributed by atoms with van der Waals surface area (Å²) in [5, 5.41) is 0. The van der Waals surface area contributed by atoms with Crippen molar-refractivity contribution in [3.05, 3.63) is 0 Å². The second-order valence-corrected chi connectivity index (χ2v) is 101. The average molecular weight is 801 g/mol. The van der Waals surface area contributed by atoms with Gasteiger partial charge in [-0.05, 0) is 76.9 Å². The number of hydrogen-bond donors (Lipinski definition) is 0. The highest BCUT2D eigenvalue weighted by Gasteiger charge is 2.45. The van der Waals surface area contributed by atoms with Gasteiger partial charge in [0.2, 0.25) is 0 Å². The quantitative estimate of drug-likeness (QED) is 0.183. The second-order valence-electron chi connectivity index (χ2n) is 3.75. The average Bonchev–Trinajstić information content (AvgIpc) is 2.41. The van der Waals surface area contributed by atoms with Gasteiger partial charge in [-0.25, -0.2) is 0 Å². The first-order valence-corrected chi connectivity index (χ1v) is 50.1. The summed E-state index contributed by atoms with van der Waals surface area (Å²) in [5.41, 5.74) is 0. The Morgan fingerprint density at radius 3 is 0.840 bits per heavy atom.